The summed E-state index contributed by atoms with van der Waals surface area (Å²) in [6.45, 7) is 5.02. The van der Waals surface area contributed by atoms with Crippen molar-refractivity contribution in [1.29, 1.82) is 0 Å². The molecule has 0 saturated carbocycles. The molecule has 1 aliphatic heterocycles. The molecule has 1 heterocycles. The zero-order chi connectivity index (χ0) is 19.1. The number of benzene rings is 1. The van der Waals surface area contributed by atoms with Crippen LogP contribution in [0.3, 0.4) is 0 Å². The fourth-order valence-corrected chi connectivity index (χ4v) is 3.84. The van der Waals surface area contributed by atoms with E-state index in [4.69, 9.17) is 0 Å². The van der Waals surface area contributed by atoms with Gasteiger partial charge in [-0.15, -0.1) is 0 Å². The largest absolute Gasteiger partial charge is 0.512 e. The van der Waals surface area contributed by atoms with E-state index in [-0.39, 0.29) is 11.9 Å². The van der Waals surface area contributed by atoms with Crippen LogP contribution in [0.1, 0.15) is 38.2 Å². The monoisotopic (exact) mass is 366 g/mol. The molecule has 1 amide bonds. The number of amides is 1. The summed E-state index contributed by atoms with van der Waals surface area (Å²) >= 11 is 0. The maximum Gasteiger partial charge on any atom is 0.226 e. The van der Waals surface area contributed by atoms with Gasteiger partial charge >= 0.3 is 0 Å². The van der Waals surface area contributed by atoms with Crippen LogP contribution in [0, 0.1) is 0 Å². The number of aliphatic hydroxyl groups is 1. The van der Waals surface area contributed by atoms with Crippen LogP contribution < -0.4 is 0 Å². The molecule has 1 fully saturated rings. The lowest BCUT2D eigenvalue weighted by Gasteiger charge is -2.39. The van der Waals surface area contributed by atoms with Crippen LogP contribution in [0.2, 0.25) is 0 Å². The van der Waals surface area contributed by atoms with Crippen LogP contribution in [0.5, 0.6) is 0 Å². The maximum atomic E-state index is 12.7. The zero-order valence-electron chi connectivity index (χ0n) is 16.2. The van der Waals surface area contributed by atoms with Crippen molar-refractivity contribution in [2.75, 3.05) is 19.6 Å². The fraction of sp³-hybridized carbons (Fsp3) is 0.435. The summed E-state index contributed by atoms with van der Waals surface area (Å²) in [5.41, 5.74) is 2.30. The van der Waals surface area contributed by atoms with Gasteiger partial charge in [-0.25, -0.2) is 0 Å². The third-order valence-corrected chi connectivity index (χ3v) is 5.41. The van der Waals surface area contributed by atoms with E-state index in [2.05, 4.69) is 35.2 Å². The van der Waals surface area contributed by atoms with Gasteiger partial charge in [0.25, 0.3) is 0 Å². The summed E-state index contributed by atoms with van der Waals surface area (Å²) in [5, 5.41) is 9.74. The fourth-order valence-electron chi connectivity index (χ4n) is 3.84. The summed E-state index contributed by atoms with van der Waals surface area (Å²) in [5.74, 6) is 0.496. The predicted octanol–water partition coefficient (Wildman–Crippen LogP) is 4.22. The Labute approximate surface area is 162 Å². The van der Waals surface area contributed by atoms with Gasteiger partial charge in [0.05, 0.1) is 5.76 Å². The molecule has 1 saturated heterocycles. The highest BCUT2D eigenvalue weighted by molar-refractivity contribution is 5.78. The number of aliphatic hydroxyl groups excluding tert-OH is 1. The summed E-state index contributed by atoms with van der Waals surface area (Å²) in [6.07, 6.45) is 11.5. The highest BCUT2D eigenvalue weighted by Crippen LogP contribution is 2.24. The van der Waals surface area contributed by atoms with Crippen LogP contribution in [0.15, 0.2) is 66.1 Å². The molecular weight excluding hydrogens is 336 g/mol. The van der Waals surface area contributed by atoms with Crippen LogP contribution in [0.25, 0.3) is 0 Å². The van der Waals surface area contributed by atoms with E-state index in [1.54, 1.807) is 6.08 Å². The van der Waals surface area contributed by atoms with Gasteiger partial charge in [-0.2, -0.15) is 0 Å². The van der Waals surface area contributed by atoms with E-state index in [0.29, 0.717) is 18.6 Å². The topological polar surface area (TPSA) is 43.8 Å². The molecule has 0 aromatic heterocycles. The molecule has 1 N–H and O–H groups in total. The molecule has 0 atom stereocenters. The van der Waals surface area contributed by atoms with Gasteiger partial charge in [0.1, 0.15) is 0 Å². The number of carbonyl (C=O) groups is 1. The van der Waals surface area contributed by atoms with E-state index in [1.165, 1.54) is 5.56 Å². The van der Waals surface area contributed by atoms with Crippen molar-refractivity contribution in [1.82, 2.24) is 9.80 Å². The first-order valence-corrected chi connectivity index (χ1v) is 10.0. The molecule has 4 heteroatoms. The first-order valence-electron chi connectivity index (χ1n) is 10.0. The third-order valence-electron chi connectivity index (χ3n) is 5.41. The van der Waals surface area contributed by atoms with E-state index in [0.717, 1.165) is 44.6 Å². The van der Waals surface area contributed by atoms with Gasteiger partial charge in [0.15, 0.2) is 0 Å². The van der Waals surface area contributed by atoms with Crippen molar-refractivity contribution >= 4 is 5.91 Å². The average Bonchev–Trinajstić information content (AvgIpc) is 2.93. The first-order chi connectivity index (χ1) is 13.2. The molecule has 2 aliphatic rings. The summed E-state index contributed by atoms with van der Waals surface area (Å²) in [7, 11) is 0. The van der Waals surface area contributed by atoms with Crippen molar-refractivity contribution in [2.45, 2.75) is 45.1 Å². The van der Waals surface area contributed by atoms with Gasteiger partial charge in [-0.05, 0) is 37.0 Å². The SMILES string of the molecule is CCC(=O)N(C1=CCC(O)=CC=C1)C1CCN(CCc2ccccc2)CC1. The van der Waals surface area contributed by atoms with Crippen LogP contribution >= 0.6 is 0 Å². The van der Waals surface area contributed by atoms with Gasteiger partial charge < -0.3 is 14.9 Å². The minimum Gasteiger partial charge on any atom is -0.512 e. The van der Waals surface area contributed by atoms with Crippen molar-refractivity contribution in [3.63, 3.8) is 0 Å². The Bertz CT molecular complexity index is 713. The van der Waals surface area contributed by atoms with E-state index >= 15 is 0 Å². The Hall–Kier alpha value is -2.33. The third kappa shape index (κ3) is 5.33. The lowest BCUT2D eigenvalue weighted by molar-refractivity contribution is -0.131. The van der Waals surface area contributed by atoms with E-state index in [1.807, 2.05) is 30.1 Å². The quantitative estimate of drug-likeness (QED) is 0.820. The number of carbonyl (C=O) groups excluding carboxylic acids is 1. The standard InChI is InChI=1S/C23H30N2O2/c1-2-23(27)25(20-9-6-10-22(26)12-11-20)21-14-17-24(18-15-21)16-13-19-7-4-3-5-8-19/h3-11,21,26H,2,12-18H2,1H3. The Balaban J connectivity index is 1.59. The Kier molecular flexibility index (Phi) is 6.88. The molecule has 0 radical (unpaired) electrons. The minimum atomic E-state index is 0.162. The molecule has 1 aromatic carbocycles. The highest BCUT2D eigenvalue weighted by Gasteiger charge is 2.29. The number of allylic oxidation sites excluding steroid dienone is 4. The van der Waals surface area contributed by atoms with Crippen LogP contribution in [-0.4, -0.2) is 46.5 Å². The Morgan fingerprint density at radius 1 is 1.22 bits per heavy atom. The van der Waals surface area contributed by atoms with Crippen LogP contribution in [0.4, 0.5) is 0 Å². The van der Waals surface area contributed by atoms with Gasteiger partial charge in [0.2, 0.25) is 5.91 Å². The second kappa shape index (κ2) is 9.56. The average molecular weight is 367 g/mol. The van der Waals surface area contributed by atoms with Crippen molar-refractivity contribution in [3.8, 4) is 0 Å². The summed E-state index contributed by atoms with van der Waals surface area (Å²) < 4.78 is 0. The van der Waals surface area contributed by atoms with Crippen LogP contribution in [-0.2, 0) is 11.2 Å². The second-order valence-electron chi connectivity index (χ2n) is 7.28. The molecule has 0 spiro atoms. The Morgan fingerprint density at radius 3 is 2.67 bits per heavy atom. The molecule has 0 bridgehead atoms. The number of hydrogen-bond donors (Lipinski definition) is 1. The smallest absolute Gasteiger partial charge is 0.226 e. The number of rotatable bonds is 6. The lowest BCUT2D eigenvalue weighted by Crippen LogP contribution is -2.47. The summed E-state index contributed by atoms with van der Waals surface area (Å²) in [6, 6.07) is 10.8. The predicted molar refractivity (Wildman–Crippen MR) is 109 cm³/mol. The van der Waals surface area contributed by atoms with Crippen molar-refractivity contribution in [2.24, 2.45) is 0 Å². The zero-order valence-corrected chi connectivity index (χ0v) is 16.2. The second-order valence-corrected chi connectivity index (χ2v) is 7.28. The van der Waals surface area contributed by atoms with Crippen molar-refractivity contribution in [3.05, 3.63) is 71.7 Å². The normalized spacial score (nSPS) is 18.6. The van der Waals surface area contributed by atoms with Gasteiger partial charge in [-0.1, -0.05) is 49.4 Å². The molecule has 3 rings (SSSR count). The lowest BCUT2D eigenvalue weighted by atomic mass is 10.0. The van der Waals surface area contributed by atoms with Gasteiger partial charge in [0, 0.05) is 44.2 Å². The van der Waals surface area contributed by atoms with E-state index < -0.39 is 0 Å². The molecule has 0 unspecified atom stereocenters. The molecule has 4 nitrogen and oxygen atoms in total. The summed E-state index contributed by atoms with van der Waals surface area (Å²) in [4.78, 5) is 17.1. The number of likely N-dealkylation sites (tertiary alicyclic amines) is 1. The molecule has 27 heavy (non-hydrogen) atoms. The van der Waals surface area contributed by atoms with Gasteiger partial charge in [-0.3, -0.25) is 4.79 Å². The maximum absolute atomic E-state index is 12.7. The molecular formula is C23H30N2O2. The number of piperidine rings is 1. The number of hydrogen-bond acceptors (Lipinski definition) is 3. The Morgan fingerprint density at radius 2 is 1.96 bits per heavy atom. The number of nitrogens with zero attached hydrogens (tertiary/aromatic N) is 2. The highest BCUT2D eigenvalue weighted by atomic mass is 16.3. The van der Waals surface area contributed by atoms with E-state index in [9.17, 15) is 9.90 Å². The minimum absolute atomic E-state index is 0.162. The molecule has 1 aliphatic carbocycles. The molecule has 1 aromatic rings. The first kappa shape index (κ1) is 19.4. The molecule has 144 valence electrons. The van der Waals surface area contributed by atoms with Crippen molar-refractivity contribution < 1.29 is 9.90 Å².